The van der Waals surface area contributed by atoms with Crippen LogP contribution in [0.25, 0.3) is 0 Å². The molecule has 2 N–H and O–H groups in total. The molecule has 0 amide bonds. The molecule has 104 valence electrons. The van der Waals surface area contributed by atoms with Crippen LogP contribution in [0.2, 0.25) is 0 Å². The zero-order valence-corrected chi connectivity index (χ0v) is 12.1. The van der Waals surface area contributed by atoms with E-state index in [-0.39, 0.29) is 6.04 Å². The highest BCUT2D eigenvalue weighted by Gasteiger charge is 2.15. The molecule has 1 aliphatic rings. The molecule has 0 fully saturated rings. The third-order valence-electron chi connectivity index (χ3n) is 3.88. The van der Waals surface area contributed by atoms with Gasteiger partial charge >= 0.3 is 0 Å². The fourth-order valence-corrected chi connectivity index (χ4v) is 3.00. The summed E-state index contributed by atoms with van der Waals surface area (Å²) in [5, 5.41) is 0. The number of nitrogens with two attached hydrogens (primary N) is 1. The van der Waals surface area contributed by atoms with E-state index >= 15 is 0 Å². The number of hydrogen-bond acceptors (Lipinski definition) is 2. The van der Waals surface area contributed by atoms with Gasteiger partial charge in [0.25, 0.3) is 0 Å². The Balaban J connectivity index is 1.80. The standard InChI is InChI=1S/C18H21NO/c1-12-7-13(2)9-14(8-12)10-17(19)15-3-4-18-16(11-15)5-6-20-18/h3-4,7-9,11,17H,5-6,10,19H2,1-2H3. The summed E-state index contributed by atoms with van der Waals surface area (Å²) in [7, 11) is 0. The maximum Gasteiger partial charge on any atom is 0.122 e. The minimum atomic E-state index is 0.0436. The minimum Gasteiger partial charge on any atom is -0.493 e. The van der Waals surface area contributed by atoms with Gasteiger partial charge in [-0.15, -0.1) is 0 Å². The molecule has 0 spiro atoms. The third kappa shape index (κ3) is 2.70. The predicted octanol–water partition coefficient (Wildman–Crippen LogP) is 3.48. The molecule has 0 aromatic heterocycles. The molecule has 1 heterocycles. The lowest BCUT2D eigenvalue weighted by atomic mass is 9.96. The molecule has 2 aromatic carbocycles. The van der Waals surface area contributed by atoms with Gasteiger partial charge in [-0.3, -0.25) is 0 Å². The molecular formula is C18H21NO. The van der Waals surface area contributed by atoms with Gasteiger partial charge < -0.3 is 10.5 Å². The van der Waals surface area contributed by atoms with Crippen LogP contribution >= 0.6 is 0 Å². The zero-order chi connectivity index (χ0) is 14.1. The molecule has 20 heavy (non-hydrogen) atoms. The second-order valence-corrected chi connectivity index (χ2v) is 5.77. The molecule has 1 unspecified atom stereocenters. The van der Waals surface area contributed by atoms with Gasteiger partial charge in [0.05, 0.1) is 6.61 Å². The normalized spacial score (nSPS) is 14.8. The van der Waals surface area contributed by atoms with Gasteiger partial charge in [-0.05, 0) is 43.0 Å². The highest BCUT2D eigenvalue weighted by atomic mass is 16.5. The highest BCUT2D eigenvalue weighted by Crippen LogP contribution is 2.28. The lowest BCUT2D eigenvalue weighted by molar-refractivity contribution is 0.357. The molecule has 0 aliphatic carbocycles. The zero-order valence-electron chi connectivity index (χ0n) is 12.1. The Kier molecular flexibility index (Phi) is 3.49. The minimum absolute atomic E-state index is 0.0436. The van der Waals surface area contributed by atoms with Gasteiger partial charge in [0, 0.05) is 12.5 Å². The molecule has 0 saturated heterocycles. The summed E-state index contributed by atoms with van der Waals surface area (Å²) >= 11 is 0. The molecule has 1 atom stereocenters. The summed E-state index contributed by atoms with van der Waals surface area (Å²) in [6, 6.07) is 13.0. The Morgan fingerprint density at radius 3 is 2.60 bits per heavy atom. The molecule has 2 nitrogen and oxygen atoms in total. The first kappa shape index (κ1) is 13.2. The van der Waals surface area contributed by atoms with Crippen molar-refractivity contribution in [2.45, 2.75) is 32.7 Å². The lowest BCUT2D eigenvalue weighted by Crippen LogP contribution is -2.13. The molecule has 1 aliphatic heterocycles. The van der Waals surface area contributed by atoms with Gasteiger partial charge in [-0.2, -0.15) is 0 Å². The number of fused-ring (bicyclic) bond motifs is 1. The summed E-state index contributed by atoms with van der Waals surface area (Å²) in [4.78, 5) is 0. The van der Waals surface area contributed by atoms with E-state index in [0.717, 1.165) is 25.2 Å². The predicted molar refractivity (Wildman–Crippen MR) is 82.2 cm³/mol. The third-order valence-corrected chi connectivity index (χ3v) is 3.88. The van der Waals surface area contributed by atoms with Gasteiger partial charge in [0.1, 0.15) is 5.75 Å². The van der Waals surface area contributed by atoms with Crippen LogP contribution in [-0.4, -0.2) is 6.61 Å². The maximum absolute atomic E-state index is 6.38. The van der Waals surface area contributed by atoms with Crippen LogP contribution in [0.4, 0.5) is 0 Å². The fourth-order valence-electron chi connectivity index (χ4n) is 3.00. The molecular weight excluding hydrogens is 246 g/mol. The van der Waals surface area contributed by atoms with E-state index in [0.29, 0.717) is 0 Å². The average molecular weight is 267 g/mol. The van der Waals surface area contributed by atoms with E-state index < -0.39 is 0 Å². The first-order valence-corrected chi connectivity index (χ1v) is 7.20. The van der Waals surface area contributed by atoms with E-state index in [1.807, 2.05) is 0 Å². The summed E-state index contributed by atoms with van der Waals surface area (Å²) in [5.74, 6) is 1.02. The largest absolute Gasteiger partial charge is 0.493 e. The van der Waals surface area contributed by atoms with Gasteiger partial charge in [-0.1, -0.05) is 41.5 Å². The monoisotopic (exact) mass is 267 g/mol. The van der Waals surface area contributed by atoms with Crippen molar-refractivity contribution >= 4 is 0 Å². The molecule has 0 radical (unpaired) electrons. The maximum atomic E-state index is 6.38. The number of hydrogen-bond donors (Lipinski definition) is 1. The summed E-state index contributed by atoms with van der Waals surface area (Å²) in [6.07, 6.45) is 1.88. The van der Waals surface area contributed by atoms with Crippen LogP contribution in [0.3, 0.4) is 0 Å². The second kappa shape index (κ2) is 5.29. The van der Waals surface area contributed by atoms with E-state index in [1.165, 1.54) is 27.8 Å². The van der Waals surface area contributed by atoms with Crippen molar-refractivity contribution in [1.82, 2.24) is 0 Å². The van der Waals surface area contributed by atoms with Crippen LogP contribution in [0.15, 0.2) is 36.4 Å². The Bertz CT molecular complexity index is 613. The Morgan fingerprint density at radius 1 is 1.10 bits per heavy atom. The van der Waals surface area contributed by atoms with Gasteiger partial charge in [0.15, 0.2) is 0 Å². The molecule has 2 heteroatoms. The van der Waals surface area contributed by atoms with Crippen molar-refractivity contribution in [3.8, 4) is 5.75 Å². The molecule has 0 bridgehead atoms. The van der Waals surface area contributed by atoms with E-state index in [2.05, 4.69) is 50.2 Å². The number of benzene rings is 2. The fraction of sp³-hybridized carbons (Fsp3) is 0.333. The van der Waals surface area contributed by atoms with E-state index in [9.17, 15) is 0 Å². The van der Waals surface area contributed by atoms with E-state index in [4.69, 9.17) is 10.5 Å². The average Bonchev–Trinajstić information content (AvgIpc) is 2.84. The molecule has 0 saturated carbocycles. The highest BCUT2D eigenvalue weighted by molar-refractivity contribution is 5.41. The SMILES string of the molecule is Cc1cc(C)cc(CC(N)c2ccc3c(c2)CCO3)c1. The van der Waals surface area contributed by atoms with Gasteiger partial charge in [-0.25, -0.2) is 0 Å². The topological polar surface area (TPSA) is 35.2 Å². The first-order chi connectivity index (χ1) is 9.61. The summed E-state index contributed by atoms with van der Waals surface area (Å²) in [5.41, 5.74) is 12.8. The van der Waals surface area contributed by atoms with Crippen LogP contribution in [0.1, 0.15) is 33.9 Å². The van der Waals surface area contributed by atoms with Crippen molar-refractivity contribution in [1.29, 1.82) is 0 Å². The number of ether oxygens (including phenoxy) is 1. The number of aryl methyl sites for hydroxylation is 2. The quantitative estimate of drug-likeness (QED) is 0.924. The summed E-state index contributed by atoms with van der Waals surface area (Å²) < 4.78 is 5.54. The summed E-state index contributed by atoms with van der Waals surface area (Å²) in [6.45, 7) is 5.06. The van der Waals surface area contributed by atoms with Crippen molar-refractivity contribution in [3.05, 3.63) is 64.2 Å². The Morgan fingerprint density at radius 2 is 1.85 bits per heavy atom. The van der Waals surface area contributed by atoms with Crippen LogP contribution in [0.5, 0.6) is 5.75 Å². The second-order valence-electron chi connectivity index (χ2n) is 5.77. The van der Waals surface area contributed by atoms with Crippen molar-refractivity contribution in [3.63, 3.8) is 0 Å². The smallest absolute Gasteiger partial charge is 0.122 e. The number of rotatable bonds is 3. The van der Waals surface area contributed by atoms with Crippen molar-refractivity contribution in [2.75, 3.05) is 6.61 Å². The van der Waals surface area contributed by atoms with Gasteiger partial charge in [0.2, 0.25) is 0 Å². The Hall–Kier alpha value is -1.80. The van der Waals surface area contributed by atoms with Crippen LogP contribution in [-0.2, 0) is 12.8 Å². The lowest BCUT2D eigenvalue weighted by Gasteiger charge is -2.14. The van der Waals surface area contributed by atoms with Crippen molar-refractivity contribution in [2.24, 2.45) is 5.73 Å². The van der Waals surface area contributed by atoms with Crippen molar-refractivity contribution < 1.29 is 4.74 Å². The molecule has 3 rings (SSSR count). The first-order valence-electron chi connectivity index (χ1n) is 7.20. The van der Waals surface area contributed by atoms with Crippen LogP contribution < -0.4 is 10.5 Å². The Labute approximate surface area is 120 Å². The van der Waals surface area contributed by atoms with Crippen LogP contribution in [0, 0.1) is 13.8 Å². The van der Waals surface area contributed by atoms with E-state index in [1.54, 1.807) is 0 Å². The molecule has 2 aromatic rings.